The number of rotatable bonds is 10. The summed E-state index contributed by atoms with van der Waals surface area (Å²) in [4.78, 5) is 15.1. The Morgan fingerprint density at radius 2 is 1.57 bits per heavy atom. The highest BCUT2D eigenvalue weighted by Crippen LogP contribution is 2.28. The number of amides is 1. The molecule has 1 N–H and O–H groups in total. The van der Waals surface area contributed by atoms with Crippen molar-refractivity contribution < 1.29 is 13.2 Å². The summed E-state index contributed by atoms with van der Waals surface area (Å²) in [6, 6.07) is 21.3. The number of sulfonamides is 1. The highest BCUT2D eigenvalue weighted by molar-refractivity contribution is 7.92. The van der Waals surface area contributed by atoms with Gasteiger partial charge in [-0.15, -0.1) is 0 Å². The van der Waals surface area contributed by atoms with Crippen molar-refractivity contribution in [3.63, 3.8) is 0 Å². The van der Waals surface area contributed by atoms with Gasteiger partial charge in [-0.05, 0) is 74.7 Å². The van der Waals surface area contributed by atoms with Crippen LogP contribution in [0, 0.1) is 13.8 Å². The SMILES string of the molecule is CCN(CC)c1ccc(/C=N\NC(=O)CN(c2cccc(C)c2C)S(=O)(=O)c2ccccc2)cc1. The number of nitrogens with one attached hydrogen (secondary N) is 1. The van der Waals surface area contributed by atoms with E-state index in [-0.39, 0.29) is 4.90 Å². The molecule has 1 amide bonds. The highest BCUT2D eigenvalue weighted by atomic mass is 32.2. The molecule has 0 aliphatic rings. The number of nitrogens with zero attached hydrogens (tertiary/aromatic N) is 3. The number of carbonyl (C=O) groups is 1. The quantitative estimate of drug-likeness (QED) is 0.334. The largest absolute Gasteiger partial charge is 0.372 e. The van der Waals surface area contributed by atoms with Gasteiger partial charge in [-0.1, -0.05) is 42.5 Å². The van der Waals surface area contributed by atoms with Crippen molar-refractivity contribution >= 4 is 33.5 Å². The first-order valence-electron chi connectivity index (χ1n) is 11.6. The van der Waals surface area contributed by atoms with Crippen LogP contribution in [-0.2, 0) is 14.8 Å². The second kappa shape index (κ2) is 11.7. The molecule has 0 spiro atoms. The van der Waals surface area contributed by atoms with E-state index in [2.05, 4.69) is 29.3 Å². The number of carbonyl (C=O) groups excluding carboxylic acids is 1. The third-order valence-electron chi connectivity index (χ3n) is 5.89. The summed E-state index contributed by atoms with van der Waals surface area (Å²) >= 11 is 0. The number of aryl methyl sites for hydroxylation is 1. The number of benzene rings is 3. The van der Waals surface area contributed by atoms with E-state index in [1.54, 1.807) is 30.3 Å². The third kappa shape index (κ3) is 6.27. The second-order valence-corrected chi connectivity index (χ2v) is 9.96. The van der Waals surface area contributed by atoms with Crippen molar-refractivity contribution in [1.82, 2.24) is 5.43 Å². The molecule has 0 atom stereocenters. The highest BCUT2D eigenvalue weighted by Gasteiger charge is 2.28. The zero-order valence-corrected chi connectivity index (χ0v) is 21.4. The topological polar surface area (TPSA) is 82.1 Å². The van der Waals surface area contributed by atoms with E-state index >= 15 is 0 Å². The first kappa shape index (κ1) is 26.0. The zero-order chi connectivity index (χ0) is 25.4. The summed E-state index contributed by atoms with van der Waals surface area (Å²) in [5, 5.41) is 4.04. The van der Waals surface area contributed by atoms with Crippen LogP contribution >= 0.6 is 0 Å². The number of hydrogen-bond donors (Lipinski definition) is 1. The Morgan fingerprint density at radius 3 is 2.20 bits per heavy atom. The minimum absolute atomic E-state index is 0.116. The van der Waals surface area contributed by atoms with Crippen LogP contribution in [0.4, 0.5) is 11.4 Å². The van der Waals surface area contributed by atoms with Crippen molar-refractivity contribution in [2.24, 2.45) is 5.10 Å². The molecular formula is C27H32N4O3S. The Morgan fingerprint density at radius 1 is 0.914 bits per heavy atom. The van der Waals surface area contributed by atoms with Crippen molar-refractivity contribution in [3.8, 4) is 0 Å². The standard InChI is InChI=1S/C27H32N4O3S/c1-5-30(6-2)24-17-15-23(16-18-24)19-28-29-27(32)20-31(26-14-10-11-21(3)22(26)4)35(33,34)25-12-8-7-9-13-25/h7-19H,5-6,20H2,1-4H3,(H,29,32)/b28-19-. The summed E-state index contributed by atoms with van der Waals surface area (Å²) in [6.45, 7) is 9.39. The molecule has 3 aromatic rings. The summed E-state index contributed by atoms with van der Waals surface area (Å²) < 4.78 is 28.1. The van der Waals surface area contributed by atoms with Crippen LogP contribution in [0.5, 0.6) is 0 Å². The molecule has 0 saturated carbocycles. The van der Waals surface area contributed by atoms with Crippen molar-refractivity contribution in [3.05, 3.63) is 89.5 Å². The van der Waals surface area contributed by atoms with E-state index in [9.17, 15) is 13.2 Å². The van der Waals surface area contributed by atoms with E-state index in [1.807, 2.05) is 44.2 Å². The summed E-state index contributed by atoms with van der Waals surface area (Å²) in [6.07, 6.45) is 1.54. The fourth-order valence-electron chi connectivity index (χ4n) is 3.73. The van der Waals surface area contributed by atoms with Crippen LogP contribution in [0.2, 0.25) is 0 Å². The molecule has 0 heterocycles. The van der Waals surface area contributed by atoms with E-state index in [1.165, 1.54) is 18.3 Å². The van der Waals surface area contributed by atoms with Gasteiger partial charge in [0.1, 0.15) is 6.54 Å². The lowest BCUT2D eigenvalue weighted by Crippen LogP contribution is -2.40. The minimum atomic E-state index is -3.97. The maximum Gasteiger partial charge on any atom is 0.264 e. The van der Waals surface area contributed by atoms with Gasteiger partial charge >= 0.3 is 0 Å². The Hall–Kier alpha value is -3.65. The smallest absolute Gasteiger partial charge is 0.264 e. The lowest BCUT2D eigenvalue weighted by molar-refractivity contribution is -0.119. The van der Waals surface area contributed by atoms with Gasteiger partial charge < -0.3 is 4.90 Å². The molecule has 3 aromatic carbocycles. The predicted molar refractivity (Wildman–Crippen MR) is 143 cm³/mol. The van der Waals surface area contributed by atoms with E-state index in [0.29, 0.717) is 5.69 Å². The van der Waals surface area contributed by atoms with Crippen LogP contribution in [0.1, 0.15) is 30.5 Å². The molecule has 0 aliphatic carbocycles. The molecular weight excluding hydrogens is 460 g/mol. The monoisotopic (exact) mass is 492 g/mol. The number of hydrazone groups is 1. The maximum absolute atomic E-state index is 13.5. The molecule has 35 heavy (non-hydrogen) atoms. The normalized spacial score (nSPS) is 11.4. The van der Waals surface area contributed by atoms with E-state index in [0.717, 1.165) is 39.8 Å². The molecule has 0 fully saturated rings. The third-order valence-corrected chi connectivity index (χ3v) is 7.66. The maximum atomic E-state index is 13.5. The molecule has 0 aromatic heterocycles. The van der Waals surface area contributed by atoms with Gasteiger partial charge in [0.15, 0.2) is 0 Å². The van der Waals surface area contributed by atoms with Crippen LogP contribution in [-0.4, -0.2) is 40.2 Å². The van der Waals surface area contributed by atoms with Gasteiger partial charge in [0.2, 0.25) is 0 Å². The molecule has 0 aliphatic heterocycles. The zero-order valence-electron chi connectivity index (χ0n) is 20.6. The fraction of sp³-hybridized carbons (Fsp3) is 0.259. The summed E-state index contributed by atoms with van der Waals surface area (Å²) in [5.74, 6) is -0.540. The molecule has 7 nitrogen and oxygen atoms in total. The van der Waals surface area contributed by atoms with Gasteiger partial charge in [-0.25, -0.2) is 13.8 Å². The lowest BCUT2D eigenvalue weighted by atomic mass is 10.1. The minimum Gasteiger partial charge on any atom is -0.372 e. The van der Waals surface area contributed by atoms with Crippen molar-refractivity contribution in [1.29, 1.82) is 0 Å². The van der Waals surface area contributed by atoms with E-state index < -0.39 is 22.5 Å². The van der Waals surface area contributed by atoms with Crippen LogP contribution < -0.4 is 14.6 Å². The first-order chi connectivity index (χ1) is 16.8. The Balaban J connectivity index is 1.79. The van der Waals surface area contributed by atoms with Gasteiger partial charge in [-0.2, -0.15) is 5.10 Å². The number of hydrogen-bond acceptors (Lipinski definition) is 5. The summed E-state index contributed by atoms with van der Waals surface area (Å²) in [7, 11) is -3.97. The van der Waals surface area contributed by atoms with Gasteiger partial charge in [0.05, 0.1) is 16.8 Å². The Bertz CT molecular complexity index is 1270. The lowest BCUT2D eigenvalue weighted by Gasteiger charge is -2.26. The fourth-order valence-corrected chi connectivity index (χ4v) is 5.23. The van der Waals surface area contributed by atoms with Crippen LogP contribution in [0.25, 0.3) is 0 Å². The first-order valence-corrected chi connectivity index (χ1v) is 13.0. The summed E-state index contributed by atoms with van der Waals surface area (Å²) in [5.41, 5.74) is 6.58. The average Bonchev–Trinajstić information content (AvgIpc) is 2.86. The Kier molecular flexibility index (Phi) is 8.65. The molecule has 8 heteroatoms. The molecule has 0 unspecified atom stereocenters. The van der Waals surface area contributed by atoms with Crippen LogP contribution in [0.3, 0.4) is 0 Å². The molecule has 3 rings (SSSR count). The van der Waals surface area contributed by atoms with Gasteiger partial charge in [-0.3, -0.25) is 9.10 Å². The molecule has 0 bridgehead atoms. The second-order valence-electron chi connectivity index (χ2n) is 8.10. The molecule has 0 radical (unpaired) electrons. The number of anilines is 2. The predicted octanol–water partition coefficient (Wildman–Crippen LogP) is 4.50. The van der Waals surface area contributed by atoms with Crippen molar-refractivity contribution in [2.45, 2.75) is 32.6 Å². The van der Waals surface area contributed by atoms with Gasteiger partial charge in [0, 0.05) is 18.8 Å². The van der Waals surface area contributed by atoms with Crippen molar-refractivity contribution in [2.75, 3.05) is 28.8 Å². The molecule has 184 valence electrons. The molecule has 0 saturated heterocycles. The Labute approximate surface area is 208 Å². The van der Waals surface area contributed by atoms with Gasteiger partial charge in [0.25, 0.3) is 15.9 Å². The van der Waals surface area contributed by atoms with Crippen LogP contribution in [0.15, 0.2) is 82.8 Å². The van der Waals surface area contributed by atoms with E-state index in [4.69, 9.17) is 0 Å². The average molecular weight is 493 g/mol.